The summed E-state index contributed by atoms with van der Waals surface area (Å²) in [5, 5.41) is 3.34. The SMILES string of the molecule is CC(C)CCCCN1CCC(NC(C)C)C1=O. The number of likely N-dealkylation sites (tertiary alicyclic amines) is 1. The van der Waals surface area contributed by atoms with E-state index in [1.807, 2.05) is 4.90 Å². The summed E-state index contributed by atoms with van der Waals surface area (Å²) in [6.45, 7) is 10.6. The van der Waals surface area contributed by atoms with Crippen molar-refractivity contribution in [3.05, 3.63) is 0 Å². The van der Waals surface area contributed by atoms with Crippen LogP contribution in [0.2, 0.25) is 0 Å². The lowest BCUT2D eigenvalue weighted by atomic mass is 10.1. The van der Waals surface area contributed by atoms with Crippen LogP contribution in [0, 0.1) is 5.92 Å². The van der Waals surface area contributed by atoms with Gasteiger partial charge in [0.25, 0.3) is 0 Å². The van der Waals surface area contributed by atoms with Gasteiger partial charge in [-0.1, -0.05) is 40.5 Å². The maximum Gasteiger partial charge on any atom is 0.239 e. The van der Waals surface area contributed by atoms with E-state index in [9.17, 15) is 4.79 Å². The number of rotatable bonds is 7. The quantitative estimate of drug-likeness (QED) is 0.693. The topological polar surface area (TPSA) is 32.3 Å². The van der Waals surface area contributed by atoms with Crippen LogP contribution in [0.3, 0.4) is 0 Å². The standard InChI is InChI=1S/C14H28N2O/c1-11(2)7-5-6-9-16-10-8-13(14(16)17)15-12(3)4/h11-13,15H,5-10H2,1-4H3. The molecule has 1 N–H and O–H groups in total. The van der Waals surface area contributed by atoms with Crippen LogP contribution < -0.4 is 5.32 Å². The molecule has 100 valence electrons. The largest absolute Gasteiger partial charge is 0.341 e. The van der Waals surface area contributed by atoms with E-state index in [0.717, 1.165) is 31.8 Å². The van der Waals surface area contributed by atoms with Crippen LogP contribution in [0.5, 0.6) is 0 Å². The molecule has 1 amide bonds. The summed E-state index contributed by atoms with van der Waals surface area (Å²) in [7, 11) is 0. The Morgan fingerprint density at radius 2 is 2.00 bits per heavy atom. The molecule has 1 aliphatic rings. The summed E-state index contributed by atoms with van der Waals surface area (Å²) in [5.74, 6) is 1.09. The number of hydrogen-bond acceptors (Lipinski definition) is 2. The Bertz CT molecular complexity index is 238. The Morgan fingerprint density at radius 3 is 2.59 bits per heavy atom. The van der Waals surface area contributed by atoms with Crippen LogP contribution in [-0.4, -0.2) is 36.0 Å². The summed E-state index contributed by atoms with van der Waals surface area (Å²) in [4.78, 5) is 14.1. The second-order valence-corrected chi connectivity index (χ2v) is 5.88. The van der Waals surface area contributed by atoms with E-state index in [0.29, 0.717) is 11.9 Å². The van der Waals surface area contributed by atoms with E-state index in [1.165, 1.54) is 12.8 Å². The zero-order chi connectivity index (χ0) is 12.8. The van der Waals surface area contributed by atoms with Crippen molar-refractivity contribution in [3.8, 4) is 0 Å². The van der Waals surface area contributed by atoms with Crippen LogP contribution >= 0.6 is 0 Å². The number of unbranched alkanes of at least 4 members (excludes halogenated alkanes) is 1. The fraction of sp³-hybridized carbons (Fsp3) is 0.929. The highest BCUT2D eigenvalue weighted by Crippen LogP contribution is 2.14. The predicted molar refractivity (Wildman–Crippen MR) is 71.9 cm³/mol. The molecule has 1 unspecified atom stereocenters. The fourth-order valence-electron chi connectivity index (χ4n) is 2.37. The zero-order valence-corrected chi connectivity index (χ0v) is 11.8. The van der Waals surface area contributed by atoms with Gasteiger partial charge in [0, 0.05) is 19.1 Å². The normalized spacial score (nSPS) is 20.9. The van der Waals surface area contributed by atoms with Gasteiger partial charge in [0.1, 0.15) is 0 Å². The maximum absolute atomic E-state index is 12.0. The number of carbonyl (C=O) groups excluding carboxylic acids is 1. The van der Waals surface area contributed by atoms with Crippen LogP contribution in [0.25, 0.3) is 0 Å². The molecule has 1 aliphatic heterocycles. The first kappa shape index (κ1) is 14.5. The summed E-state index contributed by atoms with van der Waals surface area (Å²) in [6, 6.07) is 0.463. The third kappa shape index (κ3) is 5.07. The fourth-order valence-corrected chi connectivity index (χ4v) is 2.37. The van der Waals surface area contributed by atoms with Gasteiger partial charge in [-0.25, -0.2) is 0 Å². The molecule has 0 spiro atoms. The van der Waals surface area contributed by atoms with Gasteiger partial charge in [-0.15, -0.1) is 0 Å². The number of hydrogen-bond donors (Lipinski definition) is 1. The highest BCUT2D eigenvalue weighted by molar-refractivity contribution is 5.83. The third-order valence-electron chi connectivity index (χ3n) is 3.29. The van der Waals surface area contributed by atoms with E-state index >= 15 is 0 Å². The van der Waals surface area contributed by atoms with Crippen molar-refractivity contribution in [2.24, 2.45) is 5.92 Å². The van der Waals surface area contributed by atoms with Gasteiger partial charge in [0.15, 0.2) is 0 Å². The van der Waals surface area contributed by atoms with Gasteiger partial charge in [-0.2, -0.15) is 0 Å². The van der Waals surface area contributed by atoms with Gasteiger partial charge in [0.05, 0.1) is 6.04 Å². The second kappa shape index (κ2) is 7.00. The lowest BCUT2D eigenvalue weighted by molar-refractivity contribution is -0.129. The molecular formula is C14H28N2O. The first-order valence-electron chi connectivity index (χ1n) is 7.05. The van der Waals surface area contributed by atoms with Gasteiger partial charge in [-0.3, -0.25) is 4.79 Å². The number of amides is 1. The Morgan fingerprint density at radius 1 is 1.29 bits per heavy atom. The monoisotopic (exact) mass is 240 g/mol. The highest BCUT2D eigenvalue weighted by Gasteiger charge is 2.30. The molecule has 1 heterocycles. The van der Waals surface area contributed by atoms with Crippen molar-refractivity contribution >= 4 is 5.91 Å². The summed E-state index contributed by atoms with van der Waals surface area (Å²) in [5.41, 5.74) is 0. The van der Waals surface area contributed by atoms with E-state index in [2.05, 4.69) is 33.0 Å². The Balaban J connectivity index is 2.21. The second-order valence-electron chi connectivity index (χ2n) is 5.88. The Labute approximate surface area is 106 Å². The molecule has 17 heavy (non-hydrogen) atoms. The average Bonchev–Trinajstić information content (AvgIpc) is 2.55. The minimum atomic E-state index is 0.0695. The summed E-state index contributed by atoms with van der Waals surface area (Å²) >= 11 is 0. The average molecular weight is 240 g/mol. The van der Waals surface area contributed by atoms with E-state index in [1.54, 1.807) is 0 Å². The molecule has 3 heteroatoms. The first-order valence-corrected chi connectivity index (χ1v) is 7.05. The van der Waals surface area contributed by atoms with Crippen LogP contribution in [0.15, 0.2) is 0 Å². The molecule has 0 aromatic carbocycles. The van der Waals surface area contributed by atoms with Crippen molar-refractivity contribution in [1.29, 1.82) is 0 Å². The lowest BCUT2D eigenvalue weighted by Gasteiger charge is -2.18. The van der Waals surface area contributed by atoms with Crippen molar-refractivity contribution < 1.29 is 4.79 Å². The first-order chi connectivity index (χ1) is 8.00. The third-order valence-corrected chi connectivity index (χ3v) is 3.29. The molecule has 0 radical (unpaired) electrons. The molecule has 0 aromatic heterocycles. The Hall–Kier alpha value is -0.570. The van der Waals surface area contributed by atoms with Gasteiger partial charge in [-0.05, 0) is 18.8 Å². The Kier molecular flexibility index (Phi) is 5.96. The van der Waals surface area contributed by atoms with Crippen molar-refractivity contribution in [2.45, 2.75) is 65.5 Å². The molecule has 0 aromatic rings. The van der Waals surface area contributed by atoms with Gasteiger partial charge in [0.2, 0.25) is 5.91 Å². The number of nitrogens with zero attached hydrogens (tertiary/aromatic N) is 1. The number of carbonyl (C=O) groups is 1. The highest BCUT2D eigenvalue weighted by atomic mass is 16.2. The molecule has 1 atom stereocenters. The van der Waals surface area contributed by atoms with Gasteiger partial charge >= 0.3 is 0 Å². The van der Waals surface area contributed by atoms with E-state index < -0.39 is 0 Å². The summed E-state index contributed by atoms with van der Waals surface area (Å²) < 4.78 is 0. The minimum Gasteiger partial charge on any atom is -0.341 e. The molecule has 0 saturated carbocycles. The number of nitrogens with one attached hydrogen (secondary N) is 1. The van der Waals surface area contributed by atoms with Crippen molar-refractivity contribution in [1.82, 2.24) is 10.2 Å². The molecule has 1 fully saturated rings. The van der Waals surface area contributed by atoms with Gasteiger partial charge < -0.3 is 10.2 Å². The van der Waals surface area contributed by atoms with Crippen molar-refractivity contribution in [2.75, 3.05) is 13.1 Å². The van der Waals surface area contributed by atoms with Crippen molar-refractivity contribution in [3.63, 3.8) is 0 Å². The molecule has 0 aliphatic carbocycles. The minimum absolute atomic E-state index is 0.0695. The molecular weight excluding hydrogens is 212 g/mol. The summed E-state index contributed by atoms with van der Waals surface area (Å²) in [6.07, 6.45) is 4.64. The van der Waals surface area contributed by atoms with Crippen LogP contribution in [0.4, 0.5) is 0 Å². The molecule has 1 saturated heterocycles. The van der Waals surface area contributed by atoms with Crippen LogP contribution in [0.1, 0.15) is 53.4 Å². The zero-order valence-electron chi connectivity index (χ0n) is 11.8. The molecule has 3 nitrogen and oxygen atoms in total. The molecule has 1 rings (SSSR count). The maximum atomic E-state index is 12.0. The lowest BCUT2D eigenvalue weighted by Crippen LogP contribution is -2.41. The predicted octanol–water partition coefficient (Wildman–Crippen LogP) is 2.41. The molecule has 0 bridgehead atoms. The smallest absolute Gasteiger partial charge is 0.239 e. The van der Waals surface area contributed by atoms with Crippen LogP contribution in [-0.2, 0) is 4.79 Å². The van der Waals surface area contributed by atoms with E-state index in [4.69, 9.17) is 0 Å². The van der Waals surface area contributed by atoms with E-state index in [-0.39, 0.29) is 6.04 Å².